The highest BCUT2D eigenvalue weighted by Crippen LogP contribution is 2.21. The third kappa shape index (κ3) is 3.25. The Morgan fingerprint density at radius 3 is 2.58 bits per heavy atom. The minimum atomic E-state index is 0.813. The first-order chi connectivity index (χ1) is 9.08. The van der Waals surface area contributed by atoms with Gasteiger partial charge in [0.15, 0.2) is 5.82 Å². The second kappa shape index (κ2) is 5.74. The third-order valence-corrected chi connectivity index (χ3v) is 3.26. The molecule has 0 bridgehead atoms. The number of rotatable bonds is 4. The van der Waals surface area contributed by atoms with Gasteiger partial charge in [-0.3, -0.25) is 0 Å². The Labute approximate surface area is 115 Å². The fraction of sp³-hybridized carbons (Fsp3) is 0.312. The van der Waals surface area contributed by atoms with Crippen LogP contribution in [-0.2, 0) is 6.54 Å². The van der Waals surface area contributed by atoms with Gasteiger partial charge in [-0.05, 0) is 42.7 Å². The molecule has 3 heteroatoms. The minimum absolute atomic E-state index is 0.813. The van der Waals surface area contributed by atoms with E-state index >= 15 is 0 Å². The van der Waals surface area contributed by atoms with Gasteiger partial charge in [-0.15, -0.1) is 0 Å². The van der Waals surface area contributed by atoms with E-state index in [0.29, 0.717) is 0 Å². The predicted molar refractivity (Wildman–Crippen MR) is 81.8 cm³/mol. The first-order valence-electron chi connectivity index (χ1n) is 6.50. The van der Waals surface area contributed by atoms with Crippen molar-refractivity contribution in [2.45, 2.75) is 20.4 Å². The van der Waals surface area contributed by atoms with Crippen molar-refractivity contribution in [2.24, 2.45) is 0 Å². The number of hydrogen-bond acceptors (Lipinski definition) is 3. The van der Waals surface area contributed by atoms with E-state index in [2.05, 4.69) is 48.4 Å². The summed E-state index contributed by atoms with van der Waals surface area (Å²) in [6.45, 7) is 5.10. The molecule has 0 atom stereocenters. The van der Waals surface area contributed by atoms with E-state index in [1.165, 1.54) is 16.7 Å². The number of nitrogens with zero attached hydrogens (tertiary/aromatic N) is 2. The zero-order valence-electron chi connectivity index (χ0n) is 12.1. The molecule has 0 spiro atoms. The molecule has 2 rings (SSSR count). The summed E-state index contributed by atoms with van der Waals surface area (Å²) in [6.07, 6.45) is 1.82. The average molecular weight is 255 g/mol. The molecule has 1 heterocycles. The number of hydrogen-bond donors (Lipinski definition) is 1. The van der Waals surface area contributed by atoms with Crippen LogP contribution in [0.1, 0.15) is 16.7 Å². The van der Waals surface area contributed by atoms with E-state index in [1.807, 2.05) is 31.3 Å². The molecule has 100 valence electrons. The van der Waals surface area contributed by atoms with Crippen LogP contribution in [0.25, 0.3) is 0 Å². The Hall–Kier alpha value is -2.03. The van der Waals surface area contributed by atoms with Crippen LogP contribution in [0.15, 0.2) is 36.5 Å². The number of nitrogens with one attached hydrogen (secondary N) is 1. The Balaban J connectivity index is 2.12. The second-order valence-electron chi connectivity index (χ2n) is 5.04. The number of anilines is 2. The van der Waals surface area contributed by atoms with Crippen molar-refractivity contribution in [1.29, 1.82) is 0 Å². The first kappa shape index (κ1) is 13.4. The van der Waals surface area contributed by atoms with Gasteiger partial charge in [0.05, 0.1) is 5.69 Å². The minimum Gasteiger partial charge on any atom is -0.378 e. The third-order valence-electron chi connectivity index (χ3n) is 3.26. The highest BCUT2D eigenvalue weighted by molar-refractivity contribution is 5.64. The molecule has 0 saturated carbocycles. The summed E-state index contributed by atoms with van der Waals surface area (Å²) in [7, 11) is 4.01. The molecule has 0 fully saturated rings. The van der Waals surface area contributed by atoms with Crippen LogP contribution in [-0.4, -0.2) is 19.1 Å². The summed E-state index contributed by atoms with van der Waals surface area (Å²) < 4.78 is 0. The van der Waals surface area contributed by atoms with Crippen molar-refractivity contribution in [2.75, 3.05) is 24.3 Å². The van der Waals surface area contributed by atoms with Gasteiger partial charge in [-0.1, -0.05) is 18.2 Å². The fourth-order valence-electron chi connectivity index (χ4n) is 2.00. The van der Waals surface area contributed by atoms with Gasteiger partial charge in [0.25, 0.3) is 0 Å². The van der Waals surface area contributed by atoms with Crippen molar-refractivity contribution in [3.8, 4) is 0 Å². The van der Waals surface area contributed by atoms with Gasteiger partial charge in [0, 0.05) is 26.8 Å². The summed E-state index contributed by atoms with van der Waals surface area (Å²) in [5.74, 6) is 0.964. The molecule has 0 unspecified atom stereocenters. The van der Waals surface area contributed by atoms with Crippen LogP contribution in [0, 0.1) is 13.8 Å². The fourth-order valence-corrected chi connectivity index (χ4v) is 2.00. The molecule has 0 saturated heterocycles. The van der Waals surface area contributed by atoms with Crippen LogP contribution in [0.2, 0.25) is 0 Å². The van der Waals surface area contributed by atoms with E-state index in [-0.39, 0.29) is 0 Å². The maximum atomic E-state index is 4.39. The second-order valence-corrected chi connectivity index (χ2v) is 5.04. The summed E-state index contributed by atoms with van der Waals surface area (Å²) in [6, 6.07) is 10.6. The van der Waals surface area contributed by atoms with E-state index in [9.17, 15) is 0 Å². The molecule has 1 aromatic carbocycles. The molecule has 0 aliphatic carbocycles. The van der Waals surface area contributed by atoms with Crippen molar-refractivity contribution >= 4 is 11.5 Å². The zero-order chi connectivity index (χ0) is 13.8. The van der Waals surface area contributed by atoms with Crippen LogP contribution >= 0.6 is 0 Å². The Bertz CT molecular complexity index is 562. The molecule has 2 aromatic rings. The van der Waals surface area contributed by atoms with Gasteiger partial charge in [0.1, 0.15) is 0 Å². The largest absolute Gasteiger partial charge is 0.378 e. The monoisotopic (exact) mass is 255 g/mol. The lowest BCUT2D eigenvalue weighted by atomic mass is 10.1. The van der Waals surface area contributed by atoms with Gasteiger partial charge >= 0.3 is 0 Å². The smallest absolute Gasteiger partial charge is 0.151 e. The summed E-state index contributed by atoms with van der Waals surface area (Å²) in [4.78, 5) is 6.40. The van der Waals surface area contributed by atoms with Crippen LogP contribution in [0.5, 0.6) is 0 Å². The Morgan fingerprint density at radius 2 is 1.89 bits per heavy atom. The number of pyridine rings is 1. The molecule has 0 aliphatic heterocycles. The molecule has 0 aliphatic rings. The number of aryl methyl sites for hydroxylation is 2. The van der Waals surface area contributed by atoms with Crippen molar-refractivity contribution in [1.82, 2.24) is 4.98 Å². The van der Waals surface area contributed by atoms with E-state index < -0.39 is 0 Å². The SMILES string of the molecule is Cc1ccc(CNc2cccnc2N(C)C)cc1C. The lowest BCUT2D eigenvalue weighted by Crippen LogP contribution is -2.13. The van der Waals surface area contributed by atoms with Crippen LogP contribution in [0.3, 0.4) is 0 Å². The summed E-state index contributed by atoms with van der Waals surface area (Å²) in [5, 5.41) is 3.45. The van der Waals surface area contributed by atoms with E-state index in [4.69, 9.17) is 0 Å². The standard InChI is InChI=1S/C16H21N3/c1-12-7-8-14(10-13(12)2)11-18-15-6-5-9-17-16(15)19(3)4/h5-10,18H,11H2,1-4H3. The quantitative estimate of drug-likeness (QED) is 0.907. The van der Waals surface area contributed by atoms with Gasteiger partial charge in [-0.25, -0.2) is 4.98 Å². The van der Waals surface area contributed by atoms with Gasteiger partial charge in [-0.2, -0.15) is 0 Å². The molecule has 1 N–H and O–H groups in total. The molecule has 1 aromatic heterocycles. The van der Waals surface area contributed by atoms with Crippen molar-refractivity contribution in [3.05, 3.63) is 53.2 Å². The lowest BCUT2D eigenvalue weighted by Gasteiger charge is -2.17. The Kier molecular flexibility index (Phi) is 4.05. The lowest BCUT2D eigenvalue weighted by molar-refractivity contribution is 1.05. The van der Waals surface area contributed by atoms with Gasteiger partial charge in [0.2, 0.25) is 0 Å². The number of aromatic nitrogens is 1. The average Bonchev–Trinajstić information content (AvgIpc) is 2.40. The zero-order valence-corrected chi connectivity index (χ0v) is 12.1. The maximum Gasteiger partial charge on any atom is 0.151 e. The summed E-state index contributed by atoms with van der Waals surface area (Å²) in [5.41, 5.74) is 5.01. The number of benzene rings is 1. The summed E-state index contributed by atoms with van der Waals surface area (Å²) >= 11 is 0. The van der Waals surface area contributed by atoms with Crippen LogP contribution < -0.4 is 10.2 Å². The highest BCUT2D eigenvalue weighted by Gasteiger charge is 2.04. The Morgan fingerprint density at radius 1 is 1.11 bits per heavy atom. The molecular weight excluding hydrogens is 234 g/mol. The first-order valence-corrected chi connectivity index (χ1v) is 6.50. The van der Waals surface area contributed by atoms with Crippen molar-refractivity contribution in [3.63, 3.8) is 0 Å². The predicted octanol–water partition coefficient (Wildman–Crippen LogP) is 3.38. The molecule has 19 heavy (non-hydrogen) atoms. The highest BCUT2D eigenvalue weighted by atomic mass is 15.2. The van der Waals surface area contributed by atoms with E-state index in [0.717, 1.165) is 18.1 Å². The molecule has 3 nitrogen and oxygen atoms in total. The molecular formula is C16H21N3. The van der Waals surface area contributed by atoms with E-state index in [1.54, 1.807) is 0 Å². The van der Waals surface area contributed by atoms with Crippen molar-refractivity contribution < 1.29 is 0 Å². The molecule has 0 radical (unpaired) electrons. The topological polar surface area (TPSA) is 28.2 Å². The molecule has 0 amide bonds. The van der Waals surface area contributed by atoms with Crippen LogP contribution in [0.4, 0.5) is 11.5 Å². The normalized spacial score (nSPS) is 10.3. The maximum absolute atomic E-state index is 4.39. The van der Waals surface area contributed by atoms with Gasteiger partial charge < -0.3 is 10.2 Å².